The van der Waals surface area contributed by atoms with E-state index in [1.54, 1.807) is 12.1 Å². The van der Waals surface area contributed by atoms with E-state index >= 15 is 0 Å². The number of benzene rings is 1. The van der Waals surface area contributed by atoms with E-state index in [0.717, 1.165) is 25.7 Å². The smallest absolute Gasteiger partial charge is 0.165 e. The Labute approximate surface area is 151 Å². The number of nitrogens with one attached hydrogen (secondary N) is 1. The van der Waals surface area contributed by atoms with Crippen molar-refractivity contribution in [2.45, 2.75) is 37.6 Å². The molecule has 0 atom stereocenters. The van der Waals surface area contributed by atoms with Crippen LogP contribution in [0.1, 0.15) is 42.9 Å². The lowest BCUT2D eigenvalue weighted by atomic mass is 9.82. The summed E-state index contributed by atoms with van der Waals surface area (Å²) in [5.74, 6) is 0.614. The normalized spacial score (nSPS) is 20.2. The van der Waals surface area contributed by atoms with Crippen molar-refractivity contribution in [2.75, 3.05) is 12.8 Å². The number of halogens is 1. The van der Waals surface area contributed by atoms with Crippen LogP contribution in [0, 0.1) is 11.3 Å². The van der Waals surface area contributed by atoms with Crippen molar-refractivity contribution >= 4 is 17.4 Å². The number of nitrogens with two attached hydrogens (primary N) is 1. The minimum atomic E-state index is 0.0262. The highest BCUT2D eigenvalue weighted by molar-refractivity contribution is 6.30. The molecule has 130 valence electrons. The molecule has 2 aromatic rings. The van der Waals surface area contributed by atoms with Gasteiger partial charge in [-0.1, -0.05) is 11.6 Å². The van der Waals surface area contributed by atoms with E-state index in [1.165, 1.54) is 6.07 Å². The predicted molar refractivity (Wildman–Crippen MR) is 97.3 cm³/mol. The second-order valence-corrected chi connectivity index (χ2v) is 6.74. The summed E-state index contributed by atoms with van der Waals surface area (Å²) in [6.45, 7) is 0. The zero-order chi connectivity index (χ0) is 18.0. The number of hydrogen-bond acceptors (Lipinski definition) is 6. The molecule has 0 saturated heterocycles. The van der Waals surface area contributed by atoms with E-state index in [0.29, 0.717) is 33.7 Å². The Morgan fingerprint density at radius 2 is 2.00 bits per heavy atom. The lowest BCUT2D eigenvalue weighted by molar-refractivity contribution is 0.354. The number of nitriles is 1. The molecule has 0 unspecified atom stereocenters. The number of phenolic OH excluding ortho intramolecular Hbond substituents is 1. The second-order valence-electron chi connectivity index (χ2n) is 6.30. The number of nitrogen functional groups attached to an aromatic ring is 1. The number of aromatic hydroxyl groups is 1. The largest absolute Gasteiger partial charge is 0.507 e. The zero-order valence-electron chi connectivity index (χ0n) is 14.0. The monoisotopic (exact) mass is 357 g/mol. The number of anilines is 1. The van der Waals surface area contributed by atoms with Crippen LogP contribution in [0.3, 0.4) is 0 Å². The number of hydrogen-bond donors (Lipinski definition) is 3. The van der Waals surface area contributed by atoms with Crippen LogP contribution in [-0.4, -0.2) is 28.2 Å². The van der Waals surface area contributed by atoms with Crippen LogP contribution >= 0.6 is 11.6 Å². The Balaban J connectivity index is 2.05. The Hall–Kier alpha value is -2.36. The highest BCUT2D eigenvalue weighted by Crippen LogP contribution is 2.37. The number of rotatable bonds is 3. The van der Waals surface area contributed by atoms with Crippen molar-refractivity contribution in [3.05, 3.63) is 34.5 Å². The molecule has 0 aliphatic heterocycles. The van der Waals surface area contributed by atoms with Gasteiger partial charge < -0.3 is 16.2 Å². The molecule has 1 aliphatic rings. The molecule has 1 aromatic carbocycles. The lowest BCUT2D eigenvalue weighted by Crippen LogP contribution is -2.30. The Kier molecular flexibility index (Phi) is 5.07. The predicted octanol–water partition coefficient (Wildman–Crippen LogP) is 3.20. The Morgan fingerprint density at radius 1 is 1.28 bits per heavy atom. The fraction of sp³-hybridized carbons (Fsp3) is 0.389. The van der Waals surface area contributed by atoms with Gasteiger partial charge in [0.1, 0.15) is 23.2 Å². The molecule has 0 spiro atoms. The fourth-order valence-electron chi connectivity index (χ4n) is 3.37. The van der Waals surface area contributed by atoms with Gasteiger partial charge in [-0.3, -0.25) is 0 Å². The van der Waals surface area contributed by atoms with Crippen molar-refractivity contribution in [2.24, 2.45) is 0 Å². The van der Waals surface area contributed by atoms with Crippen LogP contribution in [-0.2, 0) is 0 Å². The molecule has 4 N–H and O–H groups in total. The van der Waals surface area contributed by atoms with Gasteiger partial charge in [0, 0.05) is 17.0 Å². The van der Waals surface area contributed by atoms with Gasteiger partial charge in [0.25, 0.3) is 0 Å². The van der Waals surface area contributed by atoms with Crippen LogP contribution in [0.25, 0.3) is 11.4 Å². The first kappa shape index (κ1) is 17.5. The topological polar surface area (TPSA) is 108 Å². The van der Waals surface area contributed by atoms with E-state index in [1.807, 2.05) is 7.05 Å². The van der Waals surface area contributed by atoms with Crippen molar-refractivity contribution < 1.29 is 5.11 Å². The second kappa shape index (κ2) is 7.26. The van der Waals surface area contributed by atoms with Crippen LogP contribution in [0.15, 0.2) is 18.2 Å². The van der Waals surface area contributed by atoms with Crippen molar-refractivity contribution in [3.8, 4) is 23.2 Å². The molecule has 0 bridgehead atoms. The third-order valence-corrected chi connectivity index (χ3v) is 5.03. The molecule has 1 aliphatic carbocycles. The summed E-state index contributed by atoms with van der Waals surface area (Å²) in [5, 5.41) is 23.4. The molecule has 7 heteroatoms. The van der Waals surface area contributed by atoms with Gasteiger partial charge in [-0.2, -0.15) is 5.26 Å². The third kappa shape index (κ3) is 3.53. The maximum Gasteiger partial charge on any atom is 0.165 e. The first-order valence-corrected chi connectivity index (χ1v) is 8.65. The lowest BCUT2D eigenvalue weighted by Gasteiger charge is -2.28. The molecule has 6 nitrogen and oxygen atoms in total. The first-order chi connectivity index (χ1) is 12.0. The van der Waals surface area contributed by atoms with E-state index < -0.39 is 0 Å². The van der Waals surface area contributed by atoms with E-state index in [2.05, 4.69) is 21.4 Å². The van der Waals surface area contributed by atoms with E-state index in [4.69, 9.17) is 17.3 Å². The summed E-state index contributed by atoms with van der Waals surface area (Å²) in [7, 11) is 1.97. The van der Waals surface area contributed by atoms with Gasteiger partial charge in [0.05, 0.1) is 11.3 Å². The highest BCUT2D eigenvalue weighted by Gasteiger charge is 2.27. The maximum atomic E-state index is 10.1. The minimum Gasteiger partial charge on any atom is -0.507 e. The average molecular weight is 358 g/mol. The van der Waals surface area contributed by atoms with Gasteiger partial charge in [-0.25, -0.2) is 9.97 Å². The van der Waals surface area contributed by atoms with Gasteiger partial charge in [-0.05, 0) is 50.9 Å². The molecule has 1 saturated carbocycles. The Morgan fingerprint density at radius 3 is 2.64 bits per heavy atom. The van der Waals surface area contributed by atoms with Crippen LogP contribution in [0.5, 0.6) is 5.75 Å². The fourth-order valence-corrected chi connectivity index (χ4v) is 3.54. The van der Waals surface area contributed by atoms with E-state index in [9.17, 15) is 10.4 Å². The zero-order valence-corrected chi connectivity index (χ0v) is 14.7. The molecule has 0 radical (unpaired) electrons. The van der Waals surface area contributed by atoms with Crippen LogP contribution < -0.4 is 11.1 Å². The highest BCUT2D eigenvalue weighted by atomic mass is 35.5. The molecule has 1 fully saturated rings. The number of aromatic nitrogens is 2. The van der Waals surface area contributed by atoms with Crippen molar-refractivity contribution in [1.82, 2.24) is 15.3 Å². The number of phenols is 1. The molecular weight excluding hydrogens is 338 g/mol. The molecule has 25 heavy (non-hydrogen) atoms. The summed E-state index contributed by atoms with van der Waals surface area (Å²) in [6, 6.07) is 7.31. The van der Waals surface area contributed by atoms with Crippen LogP contribution in [0.2, 0.25) is 5.02 Å². The quantitative estimate of drug-likeness (QED) is 0.778. The van der Waals surface area contributed by atoms with Crippen molar-refractivity contribution in [3.63, 3.8) is 0 Å². The Bertz CT molecular complexity index is 825. The molecule has 1 heterocycles. The number of nitrogens with zero attached hydrogens (tertiary/aromatic N) is 3. The molecule has 3 rings (SSSR count). The molecule has 1 aromatic heterocycles. The summed E-state index contributed by atoms with van der Waals surface area (Å²) in [4.78, 5) is 8.81. The minimum absolute atomic E-state index is 0.0262. The van der Waals surface area contributed by atoms with Gasteiger partial charge in [-0.15, -0.1) is 0 Å². The van der Waals surface area contributed by atoms with Gasteiger partial charge in [0.2, 0.25) is 0 Å². The third-order valence-electron chi connectivity index (χ3n) is 4.80. The van der Waals surface area contributed by atoms with Crippen molar-refractivity contribution in [1.29, 1.82) is 5.26 Å². The maximum absolute atomic E-state index is 10.1. The summed E-state index contributed by atoms with van der Waals surface area (Å²) < 4.78 is 0. The van der Waals surface area contributed by atoms with Gasteiger partial charge >= 0.3 is 0 Å². The molecular formula is C18H20ClN5O. The van der Waals surface area contributed by atoms with Crippen LogP contribution in [0.4, 0.5) is 5.82 Å². The summed E-state index contributed by atoms with van der Waals surface area (Å²) in [5.41, 5.74) is 7.43. The molecule has 0 amide bonds. The average Bonchev–Trinajstić information content (AvgIpc) is 2.63. The first-order valence-electron chi connectivity index (χ1n) is 8.27. The van der Waals surface area contributed by atoms with Gasteiger partial charge in [0.15, 0.2) is 5.82 Å². The summed E-state index contributed by atoms with van der Waals surface area (Å²) >= 11 is 6.03. The summed E-state index contributed by atoms with van der Waals surface area (Å²) in [6.07, 6.45) is 3.90. The van der Waals surface area contributed by atoms with E-state index in [-0.39, 0.29) is 17.5 Å². The standard InChI is InChI=1S/C18H20ClN5O/c1-22-12-5-2-10(3-6-12)16-14(9-20)17(21)24-18(23-16)13-8-11(19)4-7-15(13)25/h4,7-8,10,12,22,25H,2-3,5-6H2,1H3,(H2,21,23,24). The SMILES string of the molecule is CNC1CCC(c2nc(-c3cc(Cl)ccc3O)nc(N)c2C#N)CC1.